The maximum Gasteiger partial charge on any atom is 0.232 e. The van der Waals surface area contributed by atoms with Gasteiger partial charge in [0.2, 0.25) is 10.0 Å². The molecule has 0 fully saturated rings. The van der Waals surface area contributed by atoms with Crippen molar-refractivity contribution < 1.29 is 13.2 Å². The quantitative estimate of drug-likeness (QED) is 0.726. The monoisotopic (exact) mass is 349 g/mol. The second-order valence-corrected chi connectivity index (χ2v) is 7.21. The van der Waals surface area contributed by atoms with Gasteiger partial charge in [-0.05, 0) is 24.6 Å². The van der Waals surface area contributed by atoms with Crippen molar-refractivity contribution in [3.8, 4) is 5.75 Å². The number of nitrogens with zero attached hydrogens (tertiary/aromatic N) is 1. The van der Waals surface area contributed by atoms with Crippen LogP contribution in [0.4, 0.5) is 11.5 Å². The van der Waals surface area contributed by atoms with Gasteiger partial charge < -0.3 is 10.1 Å². The molecule has 1 heterocycles. The zero-order valence-corrected chi connectivity index (χ0v) is 14.8. The van der Waals surface area contributed by atoms with Crippen LogP contribution < -0.4 is 14.8 Å². The number of unbranched alkanes of at least 4 members (excludes halogenated alkanes) is 1. The summed E-state index contributed by atoms with van der Waals surface area (Å²) < 4.78 is 31.6. The summed E-state index contributed by atoms with van der Waals surface area (Å²) in [6.45, 7) is 2.53. The number of sulfonamides is 1. The van der Waals surface area contributed by atoms with E-state index in [0.717, 1.165) is 17.7 Å². The van der Waals surface area contributed by atoms with Crippen LogP contribution in [0.3, 0.4) is 0 Å². The van der Waals surface area contributed by atoms with Crippen LogP contribution in [-0.2, 0) is 16.6 Å². The number of aromatic nitrogens is 1. The number of anilines is 2. The van der Waals surface area contributed by atoms with Crippen molar-refractivity contribution in [1.82, 2.24) is 4.98 Å². The van der Waals surface area contributed by atoms with Crippen molar-refractivity contribution in [2.45, 2.75) is 26.3 Å². The van der Waals surface area contributed by atoms with Crippen molar-refractivity contribution in [2.75, 3.05) is 22.9 Å². The largest absolute Gasteiger partial charge is 0.496 e. The first-order chi connectivity index (χ1) is 11.5. The number of hydrogen-bond donors (Lipinski definition) is 2. The molecule has 0 radical (unpaired) electrons. The molecule has 0 saturated heterocycles. The molecular weight excluding hydrogens is 326 g/mol. The second kappa shape index (κ2) is 8.54. The fourth-order valence-corrected chi connectivity index (χ4v) is 3.41. The summed E-state index contributed by atoms with van der Waals surface area (Å²) in [5.41, 5.74) is 1.49. The lowest BCUT2D eigenvalue weighted by atomic mass is 10.2. The van der Waals surface area contributed by atoms with E-state index in [-0.39, 0.29) is 5.75 Å². The predicted octanol–water partition coefficient (Wildman–Crippen LogP) is 3.24. The minimum Gasteiger partial charge on any atom is -0.496 e. The van der Waals surface area contributed by atoms with Crippen LogP contribution in [0.2, 0.25) is 0 Å². The number of methoxy groups -OCH3 is 1. The molecule has 0 saturated carbocycles. The fraction of sp³-hybridized carbons (Fsp3) is 0.353. The fourth-order valence-electron chi connectivity index (χ4n) is 2.16. The van der Waals surface area contributed by atoms with Gasteiger partial charge in [-0.1, -0.05) is 31.5 Å². The number of ether oxygens (including phenoxy) is 1. The Kier molecular flexibility index (Phi) is 6.43. The van der Waals surface area contributed by atoms with Gasteiger partial charge in [0.25, 0.3) is 0 Å². The molecule has 0 unspecified atom stereocenters. The number of benzene rings is 1. The Labute approximate surface area is 143 Å². The van der Waals surface area contributed by atoms with Crippen LogP contribution in [0, 0.1) is 0 Å². The van der Waals surface area contributed by atoms with Gasteiger partial charge in [0.15, 0.2) is 0 Å². The second-order valence-electron chi connectivity index (χ2n) is 5.37. The summed E-state index contributed by atoms with van der Waals surface area (Å²) in [4.78, 5) is 4.23. The lowest BCUT2D eigenvalue weighted by Crippen LogP contribution is -2.16. The van der Waals surface area contributed by atoms with E-state index in [4.69, 9.17) is 4.74 Å². The molecule has 0 bridgehead atoms. The number of pyridine rings is 1. The normalized spacial score (nSPS) is 11.1. The molecule has 2 aromatic rings. The summed E-state index contributed by atoms with van der Waals surface area (Å²) >= 11 is 0. The predicted molar refractivity (Wildman–Crippen MR) is 96.9 cm³/mol. The van der Waals surface area contributed by atoms with E-state index >= 15 is 0 Å². The van der Waals surface area contributed by atoms with E-state index in [1.54, 1.807) is 19.2 Å². The third-order valence-electron chi connectivity index (χ3n) is 3.46. The van der Waals surface area contributed by atoms with Crippen molar-refractivity contribution in [3.63, 3.8) is 0 Å². The van der Waals surface area contributed by atoms with Crippen LogP contribution in [-0.4, -0.2) is 26.3 Å². The molecule has 2 rings (SSSR count). The Morgan fingerprint density at radius 1 is 1.17 bits per heavy atom. The zero-order valence-electron chi connectivity index (χ0n) is 14.0. The molecule has 0 atom stereocenters. The average molecular weight is 349 g/mol. The first-order valence-corrected chi connectivity index (χ1v) is 9.51. The molecule has 6 nitrogen and oxygen atoms in total. The van der Waals surface area contributed by atoms with Crippen LogP contribution in [0.15, 0.2) is 42.6 Å². The van der Waals surface area contributed by atoms with Crippen molar-refractivity contribution in [3.05, 3.63) is 48.2 Å². The van der Waals surface area contributed by atoms with E-state index in [1.807, 2.05) is 31.2 Å². The van der Waals surface area contributed by atoms with Gasteiger partial charge in [-0.25, -0.2) is 13.4 Å². The molecule has 24 heavy (non-hydrogen) atoms. The molecular formula is C17H23N3O3S. The smallest absolute Gasteiger partial charge is 0.232 e. The van der Waals surface area contributed by atoms with Gasteiger partial charge in [-0.2, -0.15) is 0 Å². The van der Waals surface area contributed by atoms with Crippen LogP contribution in [0.1, 0.15) is 25.3 Å². The summed E-state index contributed by atoms with van der Waals surface area (Å²) in [5.74, 6) is 1.60. The molecule has 2 N–H and O–H groups in total. The van der Waals surface area contributed by atoms with Gasteiger partial charge in [-0.3, -0.25) is 4.72 Å². The molecule has 0 spiro atoms. The maximum atomic E-state index is 11.9. The summed E-state index contributed by atoms with van der Waals surface area (Å²) in [7, 11) is -1.67. The Morgan fingerprint density at radius 2 is 1.96 bits per heavy atom. The van der Waals surface area contributed by atoms with Crippen LogP contribution in [0.5, 0.6) is 5.75 Å². The van der Waals surface area contributed by atoms with Gasteiger partial charge in [-0.15, -0.1) is 0 Å². The minimum absolute atomic E-state index is 0.122. The number of para-hydroxylation sites is 1. The van der Waals surface area contributed by atoms with Crippen molar-refractivity contribution >= 4 is 21.5 Å². The molecule has 7 heteroatoms. The highest BCUT2D eigenvalue weighted by atomic mass is 32.2. The molecule has 130 valence electrons. The molecule has 1 aromatic heterocycles. The van der Waals surface area contributed by atoms with E-state index in [9.17, 15) is 8.42 Å². The third-order valence-corrected chi connectivity index (χ3v) is 4.83. The lowest BCUT2D eigenvalue weighted by Gasteiger charge is -2.11. The average Bonchev–Trinajstić information content (AvgIpc) is 2.59. The van der Waals surface area contributed by atoms with E-state index in [1.165, 1.54) is 6.20 Å². The first kappa shape index (κ1) is 18.1. The van der Waals surface area contributed by atoms with Crippen molar-refractivity contribution in [1.29, 1.82) is 0 Å². The molecule has 0 aliphatic rings. The molecule has 0 aliphatic carbocycles. The molecule has 0 amide bonds. The highest BCUT2D eigenvalue weighted by molar-refractivity contribution is 7.92. The van der Waals surface area contributed by atoms with E-state index in [0.29, 0.717) is 24.5 Å². The topological polar surface area (TPSA) is 80.3 Å². The van der Waals surface area contributed by atoms with Gasteiger partial charge in [0.1, 0.15) is 11.6 Å². The van der Waals surface area contributed by atoms with Gasteiger partial charge >= 0.3 is 0 Å². The van der Waals surface area contributed by atoms with Crippen LogP contribution in [0.25, 0.3) is 0 Å². The van der Waals surface area contributed by atoms with Gasteiger partial charge in [0.05, 0.1) is 24.7 Å². The third kappa shape index (κ3) is 5.42. The standard InChI is InChI=1S/C17H23N3O3S/c1-3-4-11-24(21,22)20-15-9-10-17(19-13-15)18-12-14-7-5-6-8-16(14)23-2/h5-10,13,20H,3-4,11-12H2,1-2H3,(H,18,19). The SMILES string of the molecule is CCCCS(=O)(=O)Nc1ccc(NCc2ccccc2OC)nc1. The minimum atomic E-state index is -3.30. The number of nitrogens with one attached hydrogen (secondary N) is 2. The van der Waals surface area contributed by atoms with E-state index < -0.39 is 10.0 Å². The first-order valence-electron chi connectivity index (χ1n) is 7.86. The maximum absolute atomic E-state index is 11.9. The Hall–Kier alpha value is -2.28. The Bertz CT molecular complexity index is 746. The summed E-state index contributed by atoms with van der Waals surface area (Å²) in [6.07, 6.45) is 2.99. The highest BCUT2D eigenvalue weighted by Crippen LogP contribution is 2.19. The number of hydrogen-bond acceptors (Lipinski definition) is 5. The lowest BCUT2D eigenvalue weighted by molar-refractivity contribution is 0.410. The molecule has 0 aliphatic heterocycles. The van der Waals surface area contributed by atoms with Crippen molar-refractivity contribution in [2.24, 2.45) is 0 Å². The van der Waals surface area contributed by atoms with E-state index in [2.05, 4.69) is 15.0 Å². The number of rotatable bonds is 9. The van der Waals surface area contributed by atoms with Crippen LogP contribution >= 0.6 is 0 Å². The Morgan fingerprint density at radius 3 is 2.62 bits per heavy atom. The summed E-state index contributed by atoms with van der Waals surface area (Å²) in [5, 5.41) is 3.19. The molecule has 1 aromatic carbocycles. The zero-order chi connectivity index (χ0) is 17.4. The Balaban J connectivity index is 1.95. The highest BCUT2D eigenvalue weighted by Gasteiger charge is 2.09. The van der Waals surface area contributed by atoms with Gasteiger partial charge in [0, 0.05) is 12.1 Å². The summed E-state index contributed by atoms with van der Waals surface area (Å²) in [6, 6.07) is 11.2.